The van der Waals surface area contributed by atoms with Crippen LogP contribution in [0.2, 0.25) is 0 Å². The largest absolute Gasteiger partial charge is 0.444 e. The highest BCUT2D eigenvalue weighted by Crippen LogP contribution is 2.29. The predicted octanol–water partition coefficient (Wildman–Crippen LogP) is 2.37. The molecule has 0 saturated carbocycles. The average molecular weight is 242 g/mol. The van der Waals surface area contributed by atoms with Gasteiger partial charge in [0.05, 0.1) is 0 Å². The number of ether oxygens (including phenoxy) is 1. The van der Waals surface area contributed by atoms with Crippen molar-refractivity contribution in [2.75, 3.05) is 19.6 Å². The van der Waals surface area contributed by atoms with Crippen LogP contribution in [-0.2, 0) is 4.74 Å². The third kappa shape index (κ3) is 4.54. The molecular formula is C13H26N2O2. The van der Waals surface area contributed by atoms with E-state index in [9.17, 15) is 4.79 Å². The Balaban J connectivity index is 2.54. The SMILES string of the molecule is CC(C)(C)OC(=O)N1CCC[C@](C)(CN)CC1. The van der Waals surface area contributed by atoms with Crippen molar-refractivity contribution in [1.82, 2.24) is 4.90 Å². The van der Waals surface area contributed by atoms with Crippen LogP contribution in [0.4, 0.5) is 4.79 Å². The predicted molar refractivity (Wildman–Crippen MR) is 68.8 cm³/mol. The van der Waals surface area contributed by atoms with E-state index in [-0.39, 0.29) is 11.5 Å². The molecule has 0 aromatic carbocycles. The summed E-state index contributed by atoms with van der Waals surface area (Å²) in [4.78, 5) is 13.7. The maximum atomic E-state index is 11.9. The molecule has 1 atom stereocenters. The number of hydrogen-bond donors (Lipinski definition) is 1. The van der Waals surface area contributed by atoms with Crippen LogP contribution in [0.3, 0.4) is 0 Å². The van der Waals surface area contributed by atoms with Gasteiger partial charge in [-0.3, -0.25) is 0 Å². The van der Waals surface area contributed by atoms with Gasteiger partial charge in [-0.1, -0.05) is 6.92 Å². The molecule has 0 spiro atoms. The lowest BCUT2D eigenvalue weighted by atomic mass is 9.83. The van der Waals surface area contributed by atoms with Crippen molar-refractivity contribution < 1.29 is 9.53 Å². The highest BCUT2D eigenvalue weighted by atomic mass is 16.6. The molecule has 100 valence electrons. The highest BCUT2D eigenvalue weighted by Gasteiger charge is 2.30. The summed E-state index contributed by atoms with van der Waals surface area (Å²) in [6.45, 7) is 10.1. The number of carbonyl (C=O) groups excluding carboxylic acids is 1. The number of likely N-dealkylation sites (tertiary alicyclic amines) is 1. The molecule has 4 nitrogen and oxygen atoms in total. The van der Waals surface area contributed by atoms with Gasteiger partial charge in [0.1, 0.15) is 5.60 Å². The van der Waals surface area contributed by atoms with Crippen molar-refractivity contribution in [3.8, 4) is 0 Å². The minimum absolute atomic E-state index is 0.177. The lowest BCUT2D eigenvalue weighted by Gasteiger charge is -2.28. The molecule has 1 fully saturated rings. The van der Waals surface area contributed by atoms with Crippen LogP contribution in [0.25, 0.3) is 0 Å². The summed E-state index contributed by atoms with van der Waals surface area (Å²) < 4.78 is 5.39. The quantitative estimate of drug-likeness (QED) is 0.768. The fraction of sp³-hybridized carbons (Fsp3) is 0.923. The Morgan fingerprint density at radius 3 is 2.53 bits per heavy atom. The summed E-state index contributed by atoms with van der Waals surface area (Å²) in [5, 5.41) is 0. The second-order valence-corrected chi connectivity index (χ2v) is 6.34. The third-order valence-corrected chi connectivity index (χ3v) is 3.34. The van der Waals surface area contributed by atoms with Crippen LogP contribution < -0.4 is 5.73 Å². The van der Waals surface area contributed by atoms with E-state index in [1.165, 1.54) is 0 Å². The summed E-state index contributed by atoms with van der Waals surface area (Å²) >= 11 is 0. The van der Waals surface area contributed by atoms with Gasteiger partial charge >= 0.3 is 6.09 Å². The summed E-state index contributed by atoms with van der Waals surface area (Å²) in [5.41, 5.74) is 5.56. The lowest BCUT2D eigenvalue weighted by molar-refractivity contribution is 0.0252. The summed E-state index contributed by atoms with van der Waals surface area (Å²) in [6.07, 6.45) is 2.86. The topological polar surface area (TPSA) is 55.6 Å². The normalized spacial score (nSPS) is 26.5. The average Bonchev–Trinajstić information content (AvgIpc) is 2.39. The van der Waals surface area contributed by atoms with E-state index in [4.69, 9.17) is 10.5 Å². The van der Waals surface area contributed by atoms with Crippen LogP contribution >= 0.6 is 0 Å². The Bertz CT molecular complexity index is 273. The van der Waals surface area contributed by atoms with Crippen LogP contribution in [0, 0.1) is 5.41 Å². The standard InChI is InChI=1S/C13H26N2O2/c1-12(2,3)17-11(16)15-8-5-6-13(4,10-14)7-9-15/h5-10,14H2,1-4H3/t13-/m0/s1. The van der Waals surface area contributed by atoms with E-state index in [1.54, 1.807) is 0 Å². The fourth-order valence-electron chi connectivity index (χ4n) is 2.05. The number of amides is 1. The molecule has 1 heterocycles. The molecule has 4 heteroatoms. The van der Waals surface area contributed by atoms with E-state index in [0.29, 0.717) is 6.54 Å². The molecule has 1 amide bonds. The van der Waals surface area contributed by atoms with Gasteiger partial charge in [0.15, 0.2) is 0 Å². The third-order valence-electron chi connectivity index (χ3n) is 3.34. The van der Waals surface area contributed by atoms with Crippen LogP contribution in [0.5, 0.6) is 0 Å². The van der Waals surface area contributed by atoms with Crippen molar-refractivity contribution in [3.05, 3.63) is 0 Å². The molecule has 0 aliphatic carbocycles. The van der Waals surface area contributed by atoms with E-state index in [0.717, 1.165) is 32.4 Å². The first-order valence-electron chi connectivity index (χ1n) is 6.44. The Morgan fingerprint density at radius 2 is 2.00 bits per heavy atom. The van der Waals surface area contributed by atoms with Crippen molar-refractivity contribution in [2.45, 2.75) is 52.6 Å². The van der Waals surface area contributed by atoms with Gasteiger partial charge in [-0.15, -0.1) is 0 Å². The monoisotopic (exact) mass is 242 g/mol. The summed E-state index contributed by atoms with van der Waals surface area (Å²) in [7, 11) is 0. The number of rotatable bonds is 1. The molecule has 1 aliphatic rings. The molecule has 1 aliphatic heterocycles. The van der Waals surface area contributed by atoms with Crippen LogP contribution in [0.1, 0.15) is 47.0 Å². The second-order valence-electron chi connectivity index (χ2n) is 6.34. The maximum Gasteiger partial charge on any atom is 0.410 e. The van der Waals surface area contributed by atoms with Gasteiger partial charge in [0.2, 0.25) is 0 Å². The summed E-state index contributed by atoms with van der Waals surface area (Å²) in [6, 6.07) is 0. The zero-order valence-electron chi connectivity index (χ0n) is 11.6. The maximum absolute atomic E-state index is 11.9. The first-order valence-corrected chi connectivity index (χ1v) is 6.44. The minimum Gasteiger partial charge on any atom is -0.444 e. The van der Waals surface area contributed by atoms with Crippen molar-refractivity contribution in [2.24, 2.45) is 11.1 Å². The first-order chi connectivity index (χ1) is 7.76. The Morgan fingerprint density at radius 1 is 1.35 bits per heavy atom. The molecule has 0 aromatic rings. The lowest BCUT2D eigenvalue weighted by Crippen LogP contribution is -2.38. The number of hydrogen-bond acceptors (Lipinski definition) is 3. The van der Waals surface area contributed by atoms with Crippen LogP contribution in [-0.4, -0.2) is 36.2 Å². The number of carbonyl (C=O) groups is 1. The van der Waals surface area contributed by atoms with Gasteiger partial charge in [-0.25, -0.2) is 4.79 Å². The van der Waals surface area contributed by atoms with Crippen molar-refractivity contribution >= 4 is 6.09 Å². The second kappa shape index (κ2) is 5.25. The highest BCUT2D eigenvalue weighted by molar-refractivity contribution is 5.68. The Kier molecular flexibility index (Phi) is 4.42. The molecule has 2 N–H and O–H groups in total. The van der Waals surface area contributed by atoms with Gasteiger partial charge < -0.3 is 15.4 Å². The molecule has 1 saturated heterocycles. The number of nitrogens with zero attached hydrogens (tertiary/aromatic N) is 1. The molecule has 0 unspecified atom stereocenters. The Labute approximate surface area is 104 Å². The summed E-state index contributed by atoms with van der Waals surface area (Å²) in [5.74, 6) is 0. The van der Waals surface area contributed by atoms with Crippen molar-refractivity contribution in [1.29, 1.82) is 0 Å². The van der Waals surface area contributed by atoms with Gasteiger partial charge in [-0.05, 0) is 52.0 Å². The molecule has 1 rings (SSSR count). The van der Waals surface area contributed by atoms with E-state index >= 15 is 0 Å². The van der Waals surface area contributed by atoms with Gasteiger partial charge in [0.25, 0.3) is 0 Å². The van der Waals surface area contributed by atoms with Crippen molar-refractivity contribution in [3.63, 3.8) is 0 Å². The first kappa shape index (κ1) is 14.3. The zero-order chi connectivity index (χ0) is 13.1. The zero-order valence-corrected chi connectivity index (χ0v) is 11.6. The van der Waals surface area contributed by atoms with Gasteiger partial charge in [0, 0.05) is 13.1 Å². The molecule has 0 bridgehead atoms. The molecular weight excluding hydrogens is 216 g/mol. The molecule has 17 heavy (non-hydrogen) atoms. The van der Waals surface area contributed by atoms with E-state index in [2.05, 4.69) is 6.92 Å². The smallest absolute Gasteiger partial charge is 0.410 e. The molecule has 0 radical (unpaired) electrons. The van der Waals surface area contributed by atoms with E-state index < -0.39 is 5.60 Å². The van der Waals surface area contributed by atoms with E-state index in [1.807, 2.05) is 25.7 Å². The fourth-order valence-corrected chi connectivity index (χ4v) is 2.05. The van der Waals surface area contributed by atoms with Gasteiger partial charge in [-0.2, -0.15) is 0 Å². The minimum atomic E-state index is -0.416. The molecule has 0 aromatic heterocycles. The Hall–Kier alpha value is -0.770. The van der Waals surface area contributed by atoms with Crippen LogP contribution in [0.15, 0.2) is 0 Å². The number of nitrogens with two attached hydrogens (primary N) is 1.